The highest BCUT2D eigenvalue weighted by molar-refractivity contribution is 5.89. The molecule has 29 heavy (non-hydrogen) atoms. The van der Waals surface area contributed by atoms with Crippen molar-refractivity contribution in [2.24, 2.45) is 0 Å². The number of hydrogen-bond acceptors (Lipinski definition) is 4. The van der Waals surface area contributed by atoms with E-state index in [2.05, 4.69) is 15.1 Å². The molecule has 0 bridgehead atoms. The maximum absolute atomic E-state index is 13.3. The molecule has 0 aliphatic carbocycles. The summed E-state index contributed by atoms with van der Waals surface area (Å²) in [5, 5.41) is 5.41. The lowest BCUT2D eigenvalue weighted by molar-refractivity contribution is 0.141. The first-order valence-electron chi connectivity index (χ1n) is 9.32. The monoisotopic (exact) mass is 393 g/mol. The predicted octanol–water partition coefficient (Wildman–Crippen LogP) is 5.01. The van der Waals surface area contributed by atoms with E-state index in [1.165, 1.54) is 0 Å². The van der Waals surface area contributed by atoms with Crippen LogP contribution in [0.4, 0.5) is 14.6 Å². The van der Waals surface area contributed by atoms with Crippen molar-refractivity contribution in [2.75, 3.05) is 11.9 Å². The van der Waals surface area contributed by atoms with Gasteiger partial charge in [0.1, 0.15) is 5.82 Å². The van der Waals surface area contributed by atoms with Crippen LogP contribution in [-0.4, -0.2) is 26.8 Å². The number of aromatic nitrogens is 4. The van der Waals surface area contributed by atoms with Crippen LogP contribution in [0, 0.1) is 13.8 Å². The maximum atomic E-state index is 13.3. The lowest BCUT2D eigenvalue weighted by Crippen LogP contribution is -2.20. The van der Waals surface area contributed by atoms with Crippen molar-refractivity contribution in [1.82, 2.24) is 19.7 Å². The van der Waals surface area contributed by atoms with E-state index in [1.54, 1.807) is 12.1 Å². The molecule has 0 radical (unpaired) electrons. The summed E-state index contributed by atoms with van der Waals surface area (Å²) in [6.07, 6.45) is -2.73. The fourth-order valence-electron chi connectivity index (χ4n) is 3.50. The summed E-state index contributed by atoms with van der Waals surface area (Å²) in [5.41, 5.74) is 4.43. The Hall–Kier alpha value is -3.35. The summed E-state index contributed by atoms with van der Waals surface area (Å²) in [4.78, 5) is 10.0. The molecule has 2 aromatic heterocycles. The predicted molar refractivity (Wildman–Crippen MR) is 110 cm³/mol. The van der Waals surface area contributed by atoms with Gasteiger partial charge in [0.25, 0.3) is 6.43 Å². The molecule has 0 atom stereocenters. The smallest absolute Gasteiger partial charge is 0.297 e. The van der Waals surface area contributed by atoms with Crippen molar-refractivity contribution in [2.45, 2.75) is 26.8 Å². The second-order valence-electron chi connectivity index (χ2n) is 6.98. The molecule has 148 valence electrons. The Balaban J connectivity index is 1.74. The van der Waals surface area contributed by atoms with Crippen molar-refractivity contribution in [3.8, 4) is 5.69 Å². The number of hydrogen-bond donors (Lipinski definition) is 0. The molecule has 7 heteroatoms. The van der Waals surface area contributed by atoms with Gasteiger partial charge in [-0.3, -0.25) is 0 Å². The molecule has 4 aromatic rings. The van der Waals surface area contributed by atoms with Crippen molar-refractivity contribution in [3.63, 3.8) is 0 Å². The lowest BCUT2D eigenvalue weighted by Gasteiger charge is -2.21. The third-order valence-corrected chi connectivity index (χ3v) is 4.99. The zero-order valence-corrected chi connectivity index (χ0v) is 16.5. The maximum Gasteiger partial charge on any atom is 0.297 e. The van der Waals surface area contributed by atoms with Gasteiger partial charge in [0.15, 0.2) is 5.82 Å². The fourth-order valence-corrected chi connectivity index (χ4v) is 3.50. The van der Waals surface area contributed by atoms with Crippen LogP contribution >= 0.6 is 0 Å². The molecule has 0 fully saturated rings. The van der Waals surface area contributed by atoms with Crippen molar-refractivity contribution in [3.05, 3.63) is 77.4 Å². The second kappa shape index (κ2) is 7.58. The highest BCUT2D eigenvalue weighted by Crippen LogP contribution is 2.28. The Morgan fingerprint density at radius 2 is 1.66 bits per heavy atom. The third kappa shape index (κ3) is 3.55. The number of para-hydroxylation sites is 2. The Morgan fingerprint density at radius 1 is 0.966 bits per heavy atom. The van der Waals surface area contributed by atoms with E-state index in [4.69, 9.17) is 0 Å². The fraction of sp³-hybridized carbons (Fsp3) is 0.227. The number of halogens is 2. The zero-order valence-electron chi connectivity index (χ0n) is 16.5. The molecule has 0 saturated heterocycles. The van der Waals surface area contributed by atoms with Crippen LogP contribution in [0.5, 0.6) is 0 Å². The van der Waals surface area contributed by atoms with Crippen LogP contribution in [0.25, 0.3) is 16.6 Å². The second-order valence-corrected chi connectivity index (χ2v) is 6.98. The molecule has 0 aliphatic heterocycles. The Labute approximate surface area is 167 Å². The van der Waals surface area contributed by atoms with Crippen LogP contribution in [-0.2, 0) is 6.54 Å². The first-order valence-corrected chi connectivity index (χ1v) is 9.32. The van der Waals surface area contributed by atoms with Crippen LogP contribution in [0.15, 0.2) is 54.6 Å². The van der Waals surface area contributed by atoms with Gasteiger partial charge in [-0.25, -0.2) is 23.4 Å². The minimum absolute atomic E-state index is 0.459. The van der Waals surface area contributed by atoms with Gasteiger partial charge in [-0.05, 0) is 38.1 Å². The molecule has 2 heterocycles. The number of nitrogens with zero attached hydrogens (tertiary/aromatic N) is 5. The molecule has 2 aromatic carbocycles. The Morgan fingerprint density at radius 3 is 2.38 bits per heavy atom. The molecule has 5 nitrogen and oxygen atoms in total. The van der Waals surface area contributed by atoms with Gasteiger partial charge in [-0.1, -0.05) is 30.3 Å². The van der Waals surface area contributed by atoms with Crippen LogP contribution in [0.3, 0.4) is 0 Å². The van der Waals surface area contributed by atoms with E-state index in [0.717, 1.165) is 28.0 Å². The summed E-state index contributed by atoms with van der Waals surface area (Å²) in [6, 6.07) is 17.1. The van der Waals surface area contributed by atoms with E-state index in [-0.39, 0.29) is 0 Å². The van der Waals surface area contributed by atoms with Crippen LogP contribution in [0.2, 0.25) is 0 Å². The molecule has 4 rings (SSSR count). The SMILES string of the molecule is Cc1nn(-c2ccccc2)c(C)c1CN(C)c1nc(C(F)F)nc2ccccc12. The number of alkyl halides is 2. The van der Waals surface area contributed by atoms with Crippen LogP contribution < -0.4 is 4.90 Å². The quantitative estimate of drug-likeness (QED) is 0.478. The van der Waals surface area contributed by atoms with Gasteiger partial charge in [0.2, 0.25) is 0 Å². The molecule has 0 N–H and O–H groups in total. The van der Waals surface area contributed by atoms with Crippen molar-refractivity contribution >= 4 is 16.7 Å². The number of aryl methyl sites for hydroxylation is 1. The van der Waals surface area contributed by atoms with Gasteiger partial charge < -0.3 is 4.90 Å². The van der Waals surface area contributed by atoms with Gasteiger partial charge in [-0.15, -0.1) is 0 Å². The highest BCUT2D eigenvalue weighted by Gasteiger charge is 2.20. The molecule has 0 spiro atoms. The van der Waals surface area contributed by atoms with E-state index in [1.807, 2.05) is 72.9 Å². The van der Waals surface area contributed by atoms with Crippen molar-refractivity contribution in [1.29, 1.82) is 0 Å². The number of anilines is 1. The first kappa shape index (κ1) is 19.0. The highest BCUT2D eigenvalue weighted by atomic mass is 19.3. The molecule has 0 saturated carbocycles. The number of fused-ring (bicyclic) bond motifs is 1. The Bertz CT molecular complexity index is 1150. The zero-order chi connectivity index (χ0) is 20.5. The summed E-state index contributed by atoms with van der Waals surface area (Å²) in [7, 11) is 1.85. The normalized spacial score (nSPS) is 11.4. The summed E-state index contributed by atoms with van der Waals surface area (Å²) >= 11 is 0. The van der Waals surface area contributed by atoms with Gasteiger partial charge in [0, 0.05) is 30.2 Å². The minimum Gasteiger partial charge on any atom is -0.355 e. The van der Waals surface area contributed by atoms with Crippen LogP contribution in [0.1, 0.15) is 29.2 Å². The molecule has 0 amide bonds. The summed E-state index contributed by atoms with van der Waals surface area (Å²) in [5.74, 6) is 0.0242. The first-order chi connectivity index (χ1) is 14.0. The van der Waals surface area contributed by atoms with Gasteiger partial charge in [0.05, 0.1) is 16.9 Å². The number of rotatable bonds is 5. The average Bonchev–Trinajstić information content (AvgIpc) is 3.01. The molecular formula is C22H21F2N5. The van der Waals surface area contributed by atoms with E-state index in [9.17, 15) is 8.78 Å². The molecular weight excluding hydrogens is 372 g/mol. The standard InChI is InChI=1S/C22H21F2N5/c1-14-18(15(2)29(27-14)16-9-5-4-6-10-16)13-28(3)22-17-11-7-8-12-19(17)25-21(26-22)20(23)24/h4-12,20H,13H2,1-3H3. The van der Waals surface area contributed by atoms with E-state index in [0.29, 0.717) is 17.9 Å². The van der Waals surface area contributed by atoms with E-state index >= 15 is 0 Å². The Kier molecular flexibility index (Phi) is 4.96. The van der Waals surface area contributed by atoms with Gasteiger partial charge in [-0.2, -0.15) is 5.10 Å². The molecule has 0 aliphatic rings. The lowest BCUT2D eigenvalue weighted by atomic mass is 10.1. The topological polar surface area (TPSA) is 46.8 Å². The van der Waals surface area contributed by atoms with Gasteiger partial charge >= 0.3 is 0 Å². The summed E-state index contributed by atoms with van der Waals surface area (Å²) < 4.78 is 28.6. The van der Waals surface area contributed by atoms with Crippen molar-refractivity contribution < 1.29 is 8.78 Å². The average molecular weight is 393 g/mol. The summed E-state index contributed by atoms with van der Waals surface area (Å²) in [6.45, 7) is 4.46. The minimum atomic E-state index is -2.73. The molecule has 0 unspecified atom stereocenters. The van der Waals surface area contributed by atoms with E-state index < -0.39 is 12.2 Å². The largest absolute Gasteiger partial charge is 0.355 e. The number of benzene rings is 2. The third-order valence-electron chi connectivity index (χ3n) is 4.99.